The van der Waals surface area contributed by atoms with Crippen LogP contribution in [0, 0.1) is 0 Å². The Morgan fingerprint density at radius 2 is 2.33 bits per heavy atom. The average molecular weight is 191 g/mol. The highest BCUT2D eigenvalue weighted by atomic mass is 32.2. The number of nitrogens with one attached hydrogen (secondary N) is 1. The molecule has 0 heterocycles. The summed E-state index contributed by atoms with van der Waals surface area (Å²) in [5, 5.41) is 3.08. The van der Waals surface area contributed by atoms with E-state index in [1.54, 1.807) is 0 Å². The third kappa shape index (κ3) is 5.43. The van der Waals surface area contributed by atoms with Crippen molar-refractivity contribution in [2.45, 2.75) is 19.4 Å². The summed E-state index contributed by atoms with van der Waals surface area (Å²) in [5.41, 5.74) is 0. The maximum Gasteiger partial charge on any atom is 0.322 e. The fourth-order valence-electron chi connectivity index (χ4n) is 0.795. The second-order valence-electron chi connectivity index (χ2n) is 2.55. The minimum Gasteiger partial charge on any atom is -0.468 e. The van der Waals surface area contributed by atoms with Crippen LogP contribution in [-0.2, 0) is 9.53 Å². The molecule has 0 aromatic carbocycles. The summed E-state index contributed by atoms with van der Waals surface area (Å²) >= 11 is 1.81. The highest BCUT2D eigenvalue weighted by Crippen LogP contribution is 1.94. The number of hydrogen-bond donors (Lipinski definition) is 1. The number of hydrogen-bond acceptors (Lipinski definition) is 4. The molecular formula is C8H17NO2S. The van der Waals surface area contributed by atoms with Crippen LogP contribution in [0.2, 0.25) is 0 Å². The van der Waals surface area contributed by atoms with Crippen molar-refractivity contribution in [3.8, 4) is 0 Å². The Morgan fingerprint density at radius 1 is 1.67 bits per heavy atom. The highest BCUT2D eigenvalue weighted by Gasteiger charge is 2.10. The van der Waals surface area contributed by atoms with Crippen molar-refractivity contribution < 1.29 is 9.53 Å². The minimum atomic E-state index is -0.195. The van der Waals surface area contributed by atoms with Crippen LogP contribution in [0.5, 0.6) is 0 Å². The molecule has 0 radical (unpaired) electrons. The van der Waals surface area contributed by atoms with Gasteiger partial charge in [-0.3, -0.25) is 4.79 Å². The maximum atomic E-state index is 10.9. The van der Waals surface area contributed by atoms with Crippen molar-refractivity contribution in [1.29, 1.82) is 0 Å². The van der Waals surface area contributed by atoms with E-state index in [0.717, 1.165) is 18.7 Å². The molecule has 0 aromatic rings. The fraction of sp³-hybridized carbons (Fsp3) is 0.875. The van der Waals surface area contributed by atoms with Crippen LogP contribution in [-0.4, -0.2) is 37.7 Å². The lowest BCUT2D eigenvalue weighted by Gasteiger charge is -2.10. The van der Waals surface area contributed by atoms with Crippen molar-refractivity contribution in [2.75, 3.05) is 25.7 Å². The number of methoxy groups -OCH3 is 1. The van der Waals surface area contributed by atoms with Crippen LogP contribution in [0.1, 0.15) is 13.3 Å². The van der Waals surface area contributed by atoms with E-state index in [-0.39, 0.29) is 12.0 Å². The van der Waals surface area contributed by atoms with Gasteiger partial charge in [0.15, 0.2) is 0 Å². The van der Waals surface area contributed by atoms with Gasteiger partial charge in [-0.25, -0.2) is 0 Å². The van der Waals surface area contributed by atoms with Gasteiger partial charge in [-0.15, -0.1) is 0 Å². The summed E-state index contributed by atoms with van der Waals surface area (Å²) in [6.07, 6.45) is 3.16. The lowest BCUT2D eigenvalue weighted by atomic mass is 10.3. The van der Waals surface area contributed by atoms with Crippen LogP contribution < -0.4 is 5.32 Å². The predicted octanol–water partition coefficient (Wildman–Crippen LogP) is 0.891. The summed E-state index contributed by atoms with van der Waals surface area (Å²) < 4.78 is 4.56. The Labute approximate surface area is 78.2 Å². The van der Waals surface area contributed by atoms with Gasteiger partial charge in [0.2, 0.25) is 0 Å². The van der Waals surface area contributed by atoms with Gasteiger partial charge in [0, 0.05) is 0 Å². The van der Waals surface area contributed by atoms with Gasteiger partial charge in [-0.05, 0) is 31.9 Å². The van der Waals surface area contributed by atoms with Gasteiger partial charge in [-0.2, -0.15) is 11.8 Å². The second-order valence-corrected chi connectivity index (χ2v) is 3.53. The van der Waals surface area contributed by atoms with Crippen molar-refractivity contribution in [3.63, 3.8) is 0 Å². The van der Waals surface area contributed by atoms with Crippen molar-refractivity contribution in [1.82, 2.24) is 5.32 Å². The van der Waals surface area contributed by atoms with E-state index in [9.17, 15) is 4.79 Å². The molecule has 12 heavy (non-hydrogen) atoms. The highest BCUT2D eigenvalue weighted by molar-refractivity contribution is 7.98. The topological polar surface area (TPSA) is 38.3 Å². The number of thioether (sulfide) groups is 1. The first-order valence-electron chi connectivity index (χ1n) is 4.02. The van der Waals surface area contributed by atoms with Crippen molar-refractivity contribution in [2.24, 2.45) is 0 Å². The Balaban J connectivity index is 3.31. The standard InChI is InChI=1S/C8H17NO2S/c1-7(8(10)11-2)9-5-4-6-12-3/h7,9H,4-6H2,1-3H3. The summed E-state index contributed by atoms with van der Waals surface area (Å²) in [6, 6.07) is -0.183. The molecule has 0 aromatic heterocycles. The van der Waals surface area contributed by atoms with Crippen LogP contribution in [0.4, 0.5) is 0 Å². The molecule has 1 atom stereocenters. The van der Waals surface area contributed by atoms with E-state index >= 15 is 0 Å². The number of ether oxygens (including phenoxy) is 1. The number of carbonyl (C=O) groups excluding carboxylic acids is 1. The summed E-state index contributed by atoms with van der Waals surface area (Å²) in [6.45, 7) is 2.68. The van der Waals surface area contributed by atoms with Gasteiger partial charge in [0.05, 0.1) is 7.11 Å². The van der Waals surface area contributed by atoms with E-state index in [4.69, 9.17) is 0 Å². The molecule has 0 saturated carbocycles. The van der Waals surface area contributed by atoms with Gasteiger partial charge < -0.3 is 10.1 Å². The summed E-state index contributed by atoms with van der Waals surface area (Å²) in [5.74, 6) is 0.931. The Bertz CT molecular complexity index is 130. The molecule has 0 fully saturated rings. The molecular weight excluding hydrogens is 174 g/mol. The van der Waals surface area contributed by atoms with Crippen LogP contribution >= 0.6 is 11.8 Å². The smallest absolute Gasteiger partial charge is 0.322 e. The van der Waals surface area contributed by atoms with Gasteiger partial charge in [0.25, 0.3) is 0 Å². The van der Waals surface area contributed by atoms with E-state index in [1.165, 1.54) is 7.11 Å². The summed E-state index contributed by atoms with van der Waals surface area (Å²) in [4.78, 5) is 10.9. The summed E-state index contributed by atoms with van der Waals surface area (Å²) in [7, 11) is 1.41. The lowest BCUT2D eigenvalue weighted by Crippen LogP contribution is -2.35. The van der Waals surface area contributed by atoms with E-state index in [2.05, 4.69) is 16.3 Å². The Hall–Kier alpha value is -0.220. The zero-order valence-corrected chi connectivity index (χ0v) is 8.74. The SMILES string of the molecule is COC(=O)C(C)NCCCSC. The Kier molecular flexibility index (Phi) is 7.29. The molecule has 1 N–H and O–H groups in total. The first kappa shape index (κ1) is 11.8. The quantitative estimate of drug-likeness (QED) is 0.500. The van der Waals surface area contributed by atoms with E-state index < -0.39 is 0 Å². The first-order valence-corrected chi connectivity index (χ1v) is 5.42. The zero-order chi connectivity index (χ0) is 9.40. The maximum absolute atomic E-state index is 10.9. The molecule has 0 aliphatic carbocycles. The number of rotatable bonds is 6. The zero-order valence-electron chi connectivity index (χ0n) is 7.92. The van der Waals surface area contributed by atoms with Crippen molar-refractivity contribution in [3.05, 3.63) is 0 Å². The molecule has 3 nitrogen and oxygen atoms in total. The molecule has 0 amide bonds. The molecule has 0 rings (SSSR count). The van der Waals surface area contributed by atoms with Crippen LogP contribution in [0.3, 0.4) is 0 Å². The number of esters is 1. The molecule has 1 unspecified atom stereocenters. The molecule has 0 saturated heterocycles. The average Bonchev–Trinajstić information content (AvgIpc) is 2.10. The van der Waals surface area contributed by atoms with Gasteiger partial charge >= 0.3 is 5.97 Å². The number of carbonyl (C=O) groups is 1. The Morgan fingerprint density at radius 3 is 2.83 bits per heavy atom. The third-order valence-electron chi connectivity index (χ3n) is 1.53. The first-order chi connectivity index (χ1) is 5.72. The fourth-order valence-corrected chi connectivity index (χ4v) is 1.23. The second kappa shape index (κ2) is 7.43. The largest absolute Gasteiger partial charge is 0.468 e. The van der Waals surface area contributed by atoms with E-state index in [1.807, 2.05) is 18.7 Å². The van der Waals surface area contributed by atoms with Gasteiger partial charge in [0.1, 0.15) is 6.04 Å². The molecule has 72 valence electrons. The molecule has 0 aliphatic heterocycles. The van der Waals surface area contributed by atoms with Crippen LogP contribution in [0.15, 0.2) is 0 Å². The monoisotopic (exact) mass is 191 g/mol. The predicted molar refractivity (Wildman–Crippen MR) is 52.5 cm³/mol. The molecule has 0 bridgehead atoms. The third-order valence-corrected chi connectivity index (χ3v) is 2.23. The molecule has 0 aliphatic rings. The van der Waals surface area contributed by atoms with Crippen LogP contribution in [0.25, 0.3) is 0 Å². The normalized spacial score (nSPS) is 12.6. The molecule has 0 spiro atoms. The van der Waals surface area contributed by atoms with Gasteiger partial charge in [-0.1, -0.05) is 0 Å². The molecule has 4 heteroatoms. The van der Waals surface area contributed by atoms with Crippen molar-refractivity contribution >= 4 is 17.7 Å². The minimum absolute atomic E-state index is 0.183. The lowest BCUT2D eigenvalue weighted by molar-refractivity contribution is -0.142. The van der Waals surface area contributed by atoms with E-state index in [0.29, 0.717) is 0 Å².